The minimum Gasteiger partial charge on any atom is -0.506 e. The number of fused-ring (bicyclic) bond motifs is 1. The van der Waals surface area contributed by atoms with Gasteiger partial charge in [-0.2, -0.15) is 0 Å². The Kier molecular flexibility index (Phi) is 2.96. The van der Waals surface area contributed by atoms with Gasteiger partial charge in [-0.1, -0.05) is 0 Å². The number of hydrogen-bond acceptors (Lipinski definition) is 5. The first-order valence-electron chi connectivity index (χ1n) is 5.94. The molecule has 2 N–H and O–H groups in total. The summed E-state index contributed by atoms with van der Waals surface area (Å²) in [6.45, 7) is 0. The lowest BCUT2D eigenvalue weighted by molar-refractivity contribution is -0.894. The fraction of sp³-hybridized carbons (Fsp3) is 0. The van der Waals surface area contributed by atoms with Gasteiger partial charge in [0.25, 0.3) is 0 Å². The number of pyridine rings is 2. The fourth-order valence-corrected chi connectivity index (χ4v) is 1.84. The molecule has 2 aromatic heterocycles. The maximum absolute atomic E-state index is 9.75. The van der Waals surface area contributed by atoms with E-state index in [9.17, 15) is 10.3 Å². The highest BCUT2D eigenvalue weighted by Crippen LogP contribution is 2.31. The summed E-state index contributed by atoms with van der Waals surface area (Å²) in [7, 11) is 0. The van der Waals surface area contributed by atoms with Gasteiger partial charge >= 0.3 is 5.82 Å². The molecule has 6 nitrogen and oxygen atoms in total. The average Bonchev–Trinajstić information content (AvgIpc) is 2.48. The van der Waals surface area contributed by atoms with Gasteiger partial charge in [0.1, 0.15) is 23.2 Å². The second-order valence-electron chi connectivity index (χ2n) is 4.11. The van der Waals surface area contributed by atoms with Crippen LogP contribution in [0.3, 0.4) is 0 Å². The van der Waals surface area contributed by atoms with E-state index in [0.29, 0.717) is 22.4 Å². The summed E-state index contributed by atoms with van der Waals surface area (Å²) in [4.78, 5) is 4.11. The molecule has 0 amide bonds. The van der Waals surface area contributed by atoms with Gasteiger partial charge in [-0.05, 0) is 46.2 Å². The van der Waals surface area contributed by atoms with E-state index >= 15 is 0 Å². The Bertz CT molecular complexity index is 802. The largest absolute Gasteiger partial charge is 0.506 e. The highest BCUT2D eigenvalue weighted by atomic mass is 16.5. The Morgan fingerprint density at radius 3 is 2.75 bits per heavy atom. The summed E-state index contributed by atoms with van der Waals surface area (Å²) in [6.07, 6.45) is 3.06. The molecule has 0 fully saturated rings. The minimum absolute atomic E-state index is 0.0940. The van der Waals surface area contributed by atoms with Crippen LogP contribution in [0.2, 0.25) is 0 Å². The van der Waals surface area contributed by atoms with Crippen molar-refractivity contribution in [2.45, 2.75) is 0 Å². The zero-order valence-electron chi connectivity index (χ0n) is 10.4. The van der Waals surface area contributed by atoms with Crippen LogP contribution in [0.1, 0.15) is 0 Å². The number of phenols is 1. The predicted octanol–water partition coefficient (Wildman–Crippen LogP) is 2.88. The number of benzene rings is 1. The topological polar surface area (TPSA) is 82.0 Å². The summed E-state index contributed by atoms with van der Waals surface area (Å²) in [6, 6.07) is 11.8. The maximum atomic E-state index is 9.75. The van der Waals surface area contributed by atoms with Crippen molar-refractivity contribution >= 4 is 22.4 Å². The van der Waals surface area contributed by atoms with Crippen molar-refractivity contribution in [1.82, 2.24) is 4.98 Å². The Labute approximate surface area is 114 Å². The zero-order chi connectivity index (χ0) is 13.9. The molecule has 0 atom stereocenters. The van der Waals surface area contributed by atoms with Crippen molar-refractivity contribution in [2.24, 2.45) is 10.2 Å². The maximum Gasteiger partial charge on any atom is 0.388 e. The van der Waals surface area contributed by atoms with E-state index in [1.165, 1.54) is 12.3 Å². The molecule has 0 spiro atoms. The molecule has 0 aliphatic heterocycles. The molecule has 3 rings (SSSR count). The van der Waals surface area contributed by atoms with E-state index in [0.717, 1.165) is 4.73 Å². The second kappa shape index (κ2) is 4.93. The van der Waals surface area contributed by atoms with E-state index in [1.807, 2.05) is 0 Å². The van der Waals surface area contributed by atoms with Crippen molar-refractivity contribution in [3.8, 4) is 5.75 Å². The average molecular weight is 267 g/mol. The summed E-state index contributed by atoms with van der Waals surface area (Å²) in [5, 5.41) is 28.1. The van der Waals surface area contributed by atoms with E-state index in [4.69, 9.17) is 0 Å². The number of aromatic nitrogens is 2. The number of nitrogens with zero attached hydrogens (tertiary/aromatic N) is 4. The van der Waals surface area contributed by atoms with Crippen LogP contribution in [0.15, 0.2) is 65.1 Å². The lowest BCUT2D eigenvalue weighted by atomic mass is 10.2. The molecule has 3 aromatic rings. The van der Waals surface area contributed by atoms with Crippen molar-refractivity contribution in [1.29, 1.82) is 0 Å². The molecule has 0 radical (unpaired) electrons. The minimum atomic E-state index is 0.0940. The van der Waals surface area contributed by atoms with Gasteiger partial charge in [-0.3, -0.25) is 4.98 Å². The van der Waals surface area contributed by atoms with Crippen molar-refractivity contribution in [3.63, 3.8) is 0 Å². The van der Waals surface area contributed by atoms with Gasteiger partial charge in [0.05, 0.1) is 5.11 Å². The Balaban J connectivity index is 2.08. The van der Waals surface area contributed by atoms with Crippen LogP contribution in [-0.4, -0.2) is 15.3 Å². The molecule has 0 bridgehead atoms. The first-order chi connectivity index (χ1) is 9.75. The van der Waals surface area contributed by atoms with Crippen LogP contribution in [0.25, 0.3) is 10.9 Å². The van der Waals surface area contributed by atoms with Gasteiger partial charge in [0, 0.05) is 17.6 Å². The molecular formula is C14H11N4O2+. The van der Waals surface area contributed by atoms with Gasteiger partial charge in [0.15, 0.2) is 0 Å². The van der Waals surface area contributed by atoms with E-state index in [2.05, 4.69) is 15.2 Å². The van der Waals surface area contributed by atoms with E-state index in [1.54, 1.807) is 42.6 Å². The van der Waals surface area contributed by atoms with Gasteiger partial charge in [-0.15, -0.1) is 0 Å². The predicted molar refractivity (Wildman–Crippen MR) is 71.4 cm³/mol. The third-order valence-electron chi connectivity index (χ3n) is 2.80. The van der Waals surface area contributed by atoms with Crippen molar-refractivity contribution < 1.29 is 15.0 Å². The lowest BCUT2D eigenvalue weighted by Crippen LogP contribution is -2.28. The molecule has 0 unspecified atom stereocenters. The Morgan fingerprint density at radius 2 is 1.90 bits per heavy atom. The summed E-state index contributed by atoms with van der Waals surface area (Å²) in [5.41, 5.74) is 1.03. The Morgan fingerprint density at radius 1 is 1.00 bits per heavy atom. The highest BCUT2D eigenvalue weighted by Gasteiger charge is 2.10. The van der Waals surface area contributed by atoms with Gasteiger partial charge in [0.2, 0.25) is 0 Å². The van der Waals surface area contributed by atoms with Crippen molar-refractivity contribution in [2.75, 3.05) is 0 Å². The third kappa shape index (κ3) is 2.14. The molecule has 6 heteroatoms. The molecule has 20 heavy (non-hydrogen) atoms. The van der Waals surface area contributed by atoms with Gasteiger partial charge < -0.3 is 10.3 Å². The fourth-order valence-electron chi connectivity index (χ4n) is 1.84. The first-order valence-corrected chi connectivity index (χ1v) is 5.94. The Hall–Kier alpha value is -3.02. The summed E-state index contributed by atoms with van der Waals surface area (Å²) < 4.78 is 0.879. The molecule has 0 aliphatic rings. The molecular weight excluding hydrogens is 256 g/mol. The number of phenolic OH excluding ortho intramolecular Hbond substituents is 1. The number of aromatic hydroxyl groups is 1. The SMILES string of the molecule is Oc1ccc(N=Nc2cccc[n+]2O)c2cccnc12. The monoisotopic (exact) mass is 267 g/mol. The molecule has 0 saturated carbocycles. The number of rotatable bonds is 2. The molecule has 2 heterocycles. The zero-order valence-corrected chi connectivity index (χ0v) is 10.4. The summed E-state index contributed by atoms with van der Waals surface area (Å²) >= 11 is 0. The normalized spacial score (nSPS) is 11.2. The quantitative estimate of drug-likeness (QED) is 0.425. The molecule has 0 saturated heterocycles. The van der Waals surface area contributed by atoms with E-state index < -0.39 is 0 Å². The molecule has 0 aliphatic carbocycles. The second-order valence-corrected chi connectivity index (χ2v) is 4.11. The smallest absolute Gasteiger partial charge is 0.388 e. The van der Waals surface area contributed by atoms with Crippen molar-refractivity contribution in [3.05, 3.63) is 54.9 Å². The number of hydrogen-bond donors (Lipinski definition) is 2. The van der Waals surface area contributed by atoms with Crippen LogP contribution >= 0.6 is 0 Å². The van der Waals surface area contributed by atoms with Crippen LogP contribution in [0.5, 0.6) is 5.75 Å². The standard InChI is InChI=1S/C14H10N4O2/c19-12-7-6-11(10-4-3-8-15-14(10)12)16-17-13-5-1-2-9-18(13)20/h1-9,20H/p+1. The first kappa shape index (κ1) is 12.0. The lowest BCUT2D eigenvalue weighted by Gasteiger charge is -2.00. The summed E-state index contributed by atoms with van der Waals surface area (Å²) in [5.74, 6) is 0.397. The highest BCUT2D eigenvalue weighted by molar-refractivity contribution is 5.93. The number of azo groups is 1. The van der Waals surface area contributed by atoms with Gasteiger partial charge in [-0.25, -0.2) is 0 Å². The van der Waals surface area contributed by atoms with Crippen LogP contribution in [-0.2, 0) is 0 Å². The van der Waals surface area contributed by atoms with Crippen LogP contribution in [0, 0.1) is 0 Å². The van der Waals surface area contributed by atoms with E-state index in [-0.39, 0.29) is 5.75 Å². The molecule has 98 valence electrons. The van der Waals surface area contributed by atoms with Crippen LogP contribution in [0.4, 0.5) is 11.5 Å². The third-order valence-corrected chi connectivity index (χ3v) is 2.80. The van der Waals surface area contributed by atoms with Crippen LogP contribution < -0.4 is 4.73 Å². The molecule has 1 aromatic carbocycles.